The first kappa shape index (κ1) is 10.4. The highest BCUT2D eigenvalue weighted by Crippen LogP contribution is 2.40. The van der Waals surface area contributed by atoms with E-state index in [4.69, 9.17) is 0 Å². The monoisotopic (exact) mass is 294 g/mol. The maximum absolute atomic E-state index is 12.6. The van der Waals surface area contributed by atoms with Gasteiger partial charge in [-0.25, -0.2) is 8.78 Å². The first-order chi connectivity index (χ1) is 6.61. The molecule has 2 rings (SSSR count). The van der Waals surface area contributed by atoms with Gasteiger partial charge in [0, 0.05) is 19.6 Å². The minimum Gasteiger partial charge on any atom is -0.205 e. The van der Waals surface area contributed by atoms with Crippen LogP contribution < -0.4 is 0 Å². The first-order valence-corrected chi connectivity index (χ1v) is 5.90. The van der Waals surface area contributed by atoms with Crippen molar-refractivity contribution in [3.63, 3.8) is 0 Å². The lowest BCUT2D eigenvalue weighted by Gasteiger charge is -2.07. The molecule has 0 saturated carbocycles. The number of hydrogen-bond donors (Lipinski definition) is 1. The highest BCUT2D eigenvalue weighted by Gasteiger charge is 2.18. The molecule has 0 fully saturated rings. The van der Waals surface area contributed by atoms with E-state index in [0.717, 1.165) is 10.1 Å². The van der Waals surface area contributed by atoms with E-state index in [-0.39, 0.29) is 5.56 Å². The van der Waals surface area contributed by atoms with Gasteiger partial charge in [-0.1, -0.05) is 0 Å². The number of rotatable bonds is 1. The van der Waals surface area contributed by atoms with Crippen molar-refractivity contribution in [1.82, 2.24) is 0 Å². The second-order valence-electron chi connectivity index (χ2n) is 2.76. The lowest BCUT2D eigenvalue weighted by molar-refractivity contribution is 0.147. The molecule has 0 aliphatic heterocycles. The van der Waals surface area contributed by atoms with Crippen LogP contribution in [-0.2, 0) is 0 Å². The Morgan fingerprint density at radius 3 is 2.79 bits per heavy atom. The van der Waals surface area contributed by atoms with E-state index >= 15 is 0 Å². The van der Waals surface area contributed by atoms with Crippen LogP contribution >= 0.6 is 39.9 Å². The summed E-state index contributed by atoms with van der Waals surface area (Å²) in [6.07, 6.45) is -2.50. The van der Waals surface area contributed by atoms with Gasteiger partial charge < -0.3 is 0 Å². The van der Waals surface area contributed by atoms with Crippen molar-refractivity contribution in [2.75, 3.05) is 0 Å². The molecule has 0 aliphatic carbocycles. The average molecular weight is 295 g/mol. The summed E-state index contributed by atoms with van der Waals surface area (Å²) in [6.45, 7) is 0. The Labute approximate surface area is 97.5 Å². The highest BCUT2D eigenvalue weighted by molar-refractivity contribution is 9.10. The predicted octanol–water partition coefficient (Wildman–Crippen LogP) is 4.89. The zero-order valence-corrected chi connectivity index (χ0v) is 10.1. The van der Waals surface area contributed by atoms with Gasteiger partial charge in [0.15, 0.2) is 0 Å². The maximum Gasteiger partial charge on any atom is 0.266 e. The number of benzene rings is 1. The van der Waals surface area contributed by atoms with Crippen LogP contribution in [0.15, 0.2) is 26.9 Å². The van der Waals surface area contributed by atoms with Crippen molar-refractivity contribution in [1.29, 1.82) is 0 Å². The molecule has 0 atom stereocenters. The second-order valence-corrected chi connectivity index (χ2v) is 4.95. The van der Waals surface area contributed by atoms with Crippen molar-refractivity contribution in [3.05, 3.63) is 27.5 Å². The number of fused-ring (bicyclic) bond motifs is 1. The van der Waals surface area contributed by atoms with Crippen molar-refractivity contribution in [3.8, 4) is 0 Å². The Morgan fingerprint density at radius 2 is 2.14 bits per heavy atom. The van der Waals surface area contributed by atoms with Gasteiger partial charge in [-0.15, -0.1) is 24.0 Å². The molecule has 2 aromatic rings. The Balaban J connectivity index is 2.82. The third-order valence-corrected chi connectivity index (χ3v) is 4.32. The molecule has 0 amide bonds. The van der Waals surface area contributed by atoms with Gasteiger partial charge >= 0.3 is 0 Å². The van der Waals surface area contributed by atoms with Crippen molar-refractivity contribution >= 4 is 50.0 Å². The van der Waals surface area contributed by atoms with Crippen LogP contribution in [0.1, 0.15) is 12.0 Å². The molecule has 74 valence electrons. The number of hydrogen-bond acceptors (Lipinski definition) is 2. The number of halogens is 3. The van der Waals surface area contributed by atoms with Crippen molar-refractivity contribution < 1.29 is 8.78 Å². The summed E-state index contributed by atoms with van der Waals surface area (Å²) in [7, 11) is 0. The Hall–Kier alpha value is -0.130. The molecule has 0 bridgehead atoms. The quantitative estimate of drug-likeness (QED) is 0.711. The van der Waals surface area contributed by atoms with Crippen LogP contribution in [0.4, 0.5) is 8.78 Å². The summed E-state index contributed by atoms with van der Waals surface area (Å²) < 4.78 is 26.6. The van der Waals surface area contributed by atoms with Gasteiger partial charge in [0.25, 0.3) is 6.43 Å². The standard InChI is InChI=1S/C9H5BrF2S2/c10-7-6(9(11)12)5(13)3-4-1-2-14-8(4)7/h1-3,9,13H. The minimum atomic E-state index is -2.50. The molecule has 0 saturated heterocycles. The second kappa shape index (κ2) is 3.79. The molecule has 0 aliphatic rings. The van der Waals surface area contributed by atoms with Gasteiger partial charge in [-0.3, -0.25) is 0 Å². The molecule has 14 heavy (non-hydrogen) atoms. The Kier molecular flexibility index (Phi) is 2.81. The van der Waals surface area contributed by atoms with Gasteiger partial charge in [-0.2, -0.15) is 0 Å². The summed E-state index contributed by atoms with van der Waals surface area (Å²) in [5.41, 5.74) is -0.0247. The third kappa shape index (κ3) is 1.57. The molecule has 5 heteroatoms. The van der Waals surface area contributed by atoms with Crippen LogP contribution in [0.2, 0.25) is 0 Å². The van der Waals surface area contributed by atoms with Gasteiger partial charge in [0.2, 0.25) is 0 Å². The van der Waals surface area contributed by atoms with Crippen LogP contribution in [0.5, 0.6) is 0 Å². The van der Waals surface area contributed by atoms with Crippen LogP contribution in [0, 0.1) is 0 Å². The molecular formula is C9H5BrF2S2. The molecular weight excluding hydrogens is 290 g/mol. The summed E-state index contributed by atoms with van der Waals surface area (Å²) in [5.74, 6) is 0. The fourth-order valence-electron chi connectivity index (χ4n) is 1.28. The molecule has 1 heterocycles. The minimum absolute atomic E-state index is 0.0247. The number of thiophene rings is 1. The molecule has 0 nitrogen and oxygen atoms in total. The van der Waals surface area contributed by atoms with E-state index in [1.54, 1.807) is 6.07 Å². The van der Waals surface area contributed by atoms with Crippen LogP contribution in [0.25, 0.3) is 10.1 Å². The fraction of sp³-hybridized carbons (Fsp3) is 0.111. The van der Waals surface area contributed by atoms with Gasteiger partial charge in [0.05, 0.1) is 0 Å². The van der Waals surface area contributed by atoms with E-state index in [1.807, 2.05) is 11.4 Å². The largest absolute Gasteiger partial charge is 0.266 e. The zero-order chi connectivity index (χ0) is 10.3. The Bertz CT molecular complexity index is 479. The summed E-state index contributed by atoms with van der Waals surface area (Å²) in [4.78, 5) is 0.331. The molecule has 0 unspecified atom stereocenters. The Morgan fingerprint density at radius 1 is 1.43 bits per heavy atom. The van der Waals surface area contributed by atoms with Crippen LogP contribution in [0.3, 0.4) is 0 Å². The van der Waals surface area contributed by atoms with E-state index < -0.39 is 6.43 Å². The first-order valence-electron chi connectivity index (χ1n) is 3.78. The smallest absolute Gasteiger partial charge is 0.205 e. The molecule has 0 spiro atoms. The summed E-state index contributed by atoms with van der Waals surface area (Å²) in [6, 6.07) is 3.56. The zero-order valence-electron chi connectivity index (χ0n) is 6.80. The van der Waals surface area contributed by atoms with E-state index in [1.165, 1.54) is 11.3 Å². The molecule has 0 radical (unpaired) electrons. The molecule has 0 N–H and O–H groups in total. The normalized spacial score (nSPS) is 11.5. The third-order valence-electron chi connectivity index (χ3n) is 1.92. The molecule has 1 aromatic carbocycles. The average Bonchev–Trinajstić information content (AvgIpc) is 2.50. The topological polar surface area (TPSA) is 0 Å². The number of alkyl halides is 2. The predicted molar refractivity (Wildman–Crippen MR) is 61.7 cm³/mol. The summed E-state index contributed by atoms with van der Waals surface area (Å²) >= 11 is 8.69. The summed E-state index contributed by atoms with van der Waals surface area (Å²) in [5, 5.41) is 2.81. The maximum atomic E-state index is 12.6. The van der Waals surface area contributed by atoms with Crippen LogP contribution in [-0.4, -0.2) is 0 Å². The van der Waals surface area contributed by atoms with Crippen molar-refractivity contribution in [2.45, 2.75) is 11.3 Å². The van der Waals surface area contributed by atoms with Gasteiger partial charge in [-0.05, 0) is 38.8 Å². The lowest BCUT2D eigenvalue weighted by atomic mass is 10.2. The lowest BCUT2D eigenvalue weighted by Crippen LogP contribution is -1.88. The van der Waals surface area contributed by atoms with Gasteiger partial charge in [0.1, 0.15) is 0 Å². The van der Waals surface area contributed by atoms with E-state index in [2.05, 4.69) is 28.6 Å². The highest BCUT2D eigenvalue weighted by atomic mass is 79.9. The van der Waals surface area contributed by atoms with Crippen molar-refractivity contribution in [2.24, 2.45) is 0 Å². The molecule has 1 aromatic heterocycles. The van der Waals surface area contributed by atoms with E-state index in [9.17, 15) is 8.78 Å². The SMILES string of the molecule is FC(F)c1c(S)cc2ccsc2c1Br. The fourth-order valence-corrected chi connectivity index (χ4v) is 3.50. The number of thiol groups is 1. The van der Waals surface area contributed by atoms with E-state index in [0.29, 0.717) is 9.37 Å².